The van der Waals surface area contributed by atoms with E-state index in [2.05, 4.69) is 0 Å². The quantitative estimate of drug-likeness (QED) is 0.295. The summed E-state index contributed by atoms with van der Waals surface area (Å²) in [6, 6.07) is 1.94. The molecule has 0 heterocycles. The molecule has 0 saturated heterocycles. The summed E-state index contributed by atoms with van der Waals surface area (Å²) in [4.78, 5) is 31.7. The van der Waals surface area contributed by atoms with Crippen LogP contribution in [0.3, 0.4) is 0 Å². The zero-order valence-electron chi connectivity index (χ0n) is 7.96. The van der Waals surface area contributed by atoms with Crippen molar-refractivity contribution in [1.82, 2.24) is 0 Å². The molecule has 0 fully saturated rings. The Balaban J connectivity index is 0. The van der Waals surface area contributed by atoms with Gasteiger partial charge in [0, 0.05) is 0 Å². The topological polar surface area (TPSA) is 69.2 Å². The van der Waals surface area contributed by atoms with Gasteiger partial charge in [-0.25, -0.2) is 0 Å². The van der Waals surface area contributed by atoms with Crippen LogP contribution in [0.25, 0.3) is 0 Å². The van der Waals surface area contributed by atoms with Gasteiger partial charge in [-0.3, -0.25) is 0 Å². The maximum absolute atomic E-state index is 10.6. The molecule has 0 aromatic heterocycles. The number of hydrogen-bond donors (Lipinski definition) is 0. The molecule has 72 valence electrons. The molecule has 0 spiro atoms. The van der Waals surface area contributed by atoms with Crippen molar-refractivity contribution in [1.29, 1.82) is 0 Å². The molecule has 0 aliphatic rings. The van der Waals surface area contributed by atoms with E-state index >= 15 is 0 Å². The first-order chi connectivity index (χ1) is 5.82. The van der Waals surface area contributed by atoms with Crippen molar-refractivity contribution >= 4 is 48.1 Å². The molecule has 0 amide bonds. The van der Waals surface area contributed by atoms with Gasteiger partial charge in [-0.2, -0.15) is 0 Å². The van der Waals surface area contributed by atoms with Crippen LogP contribution in [0.1, 0.15) is 0 Å². The van der Waals surface area contributed by atoms with E-state index in [1.165, 1.54) is 0 Å². The van der Waals surface area contributed by atoms with E-state index in [0.29, 0.717) is 0 Å². The van der Waals surface area contributed by atoms with Crippen LogP contribution in [-0.4, -0.2) is 0 Å². The molecule has 0 aliphatic carbocycles. The SMILES string of the molecule is [Na+].[Na+].[O-][P+]([O-])([O-])c1cc(Cl)c(Cl)c(Cl)c1. The van der Waals surface area contributed by atoms with E-state index in [1.807, 2.05) is 0 Å². The fraction of sp³-hybridized carbons (Fsp3) is 0. The molecule has 0 saturated carbocycles. The van der Waals surface area contributed by atoms with Gasteiger partial charge >= 0.3 is 59.1 Å². The molecule has 1 aromatic carbocycles. The molecular formula is C6H2Cl3Na2O3P. The summed E-state index contributed by atoms with van der Waals surface area (Å²) in [7, 11) is -4.82. The van der Waals surface area contributed by atoms with Gasteiger partial charge in [0.2, 0.25) is 0 Å². The Morgan fingerprint density at radius 1 is 0.867 bits per heavy atom. The number of benzene rings is 1. The predicted octanol–water partition coefficient (Wildman–Crippen LogP) is -5.88. The number of hydrogen-bond acceptors (Lipinski definition) is 3. The third kappa shape index (κ3) is 5.71. The number of halogens is 3. The summed E-state index contributed by atoms with van der Waals surface area (Å²) in [6.45, 7) is 0. The van der Waals surface area contributed by atoms with E-state index in [1.54, 1.807) is 0 Å². The molecule has 0 aliphatic heterocycles. The summed E-state index contributed by atoms with van der Waals surface area (Å²) < 4.78 is 0. The monoisotopic (exact) mass is 304 g/mol. The average molecular weight is 305 g/mol. The van der Waals surface area contributed by atoms with Gasteiger partial charge in [-0.15, -0.1) is 7.94 Å². The van der Waals surface area contributed by atoms with Crippen LogP contribution in [0, 0.1) is 0 Å². The molecule has 0 radical (unpaired) electrons. The molecule has 3 nitrogen and oxygen atoms in total. The van der Waals surface area contributed by atoms with E-state index in [-0.39, 0.29) is 74.2 Å². The largest absolute Gasteiger partial charge is 1.00 e. The van der Waals surface area contributed by atoms with Crippen molar-refractivity contribution in [2.45, 2.75) is 0 Å². The van der Waals surface area contributed by atoms with Crippen LogP contribution in [0.4, 0.5) is 0 Å². The summed E-state index contributed by atoms with van der Waals surface area (Å²) in [6.07, 6.45) is 0. The van der Waals surface area contributed by atoms with Gasteiger partial charge in [0.05, 0.1) is 20.4 Å². The third-order valence-electron chi connectivity index (χ3n) is 1.28. The standard InChI is InChI=1S/C6H4Cl3O3P.2Na/c7-4-1-3(13(10,11)12)2-5(8)6(4)9;;/h1-2H,(H2,10,11,12);;/q;2*+1/p-2. The van der Waals surface area contributed by atoms with Gasteiger partial charge in [0.25, 0.3) is 0 Å². The van der Waals surface area contributed by atoms with Gasteiger partial charge in [0.15, 0.2) is 0 Å². The first kappa shape index (κ1) is 19.7. The smallest absolute Gasteiger partial charge is 0.683 e. The molecule has 0 atom stereocenters. The second-order valence-electron chi connectivity index (χ2n) is 2.22. The summed E-state index contributed by atoms with van der Waals surface area (Å²) >= 11 is 16.6. The first-order valence-corrected chi connectivity index (χ1v) is 5.67. The van der Waals surface area contributed by atoms with E-state index in [4.69, 9.17) is 34.8 Å². The normalized spacial score (nSPS) is 10.3. The maximum Gasteiger partial charge on any atom is 1.00 e. The van der Waals surface area contributed by atoms with Gasteiger partial charge in [-0.05, 0) is 12.1 Å². The second kappa shape index (κ2) is 7.75. The average Bonchev–Trinajstić information content (AvgIpc) is 1.97. The van der Waals surface area contributed by atoms with Gasteiger partial charge in [0.1, 0.15) is 0 Å². The fourth-order valence-corrected chi connectivity index (χ4v) is 2.02. The van der Waals surface area contributed by atoms with Crippen molar-refractivity contribution in [2.24, 2.45) is 0 Å². The van der Waals surface area contributed by atoms with E-state index in [0.717, 1.165) is 12.1 Å². The van der Waals surface area contributed by atoms with Crippen LogP contribution in [-0.2, 0) is 0 Å². The Labute approximate surface area is 147 Å². The summed E-state index contributed by atoms with van der Waals surface area (Å²) in [5.41, 5.74) is 0. The molecule has 0 bridgehead atoms. The Morgan fingerprint density at radius 3 is 1.47 bits per heavy atom. The molecular weight excluding hydrogens is 303 g/mol. The first-order valence-electron chi connectivity index (χ1n) is 2.99. The zero-order chi connectivity index (χ0) is 10.2. The van der Waals surface area contributed by atoms with Crippen LogP contribution in [0.2, 0.25) is 15.1 Å². The van der Waals surface area contributed by atoms with Crippen LogP contribution in [0.15, 0.2) is 12.1 Å². The molecule has 1 rings (SSSR count). The minimum atomic E-state index is -4.82. The molecule has 0 N–H and O–H groups in total. The molecule has 9 heteroatoms. The maximum atomic E-state index is 10.6. The summed E-state index contributed by atoms with van der Waals surface area (Å²) in [5, 5.41) is -0.556. The van der Waals surface area contributed by atoms with Crippen molar-refractivity contribution in [2.75, 3.05) is 0 Å². The second-order valence-corrected chi connectivity index (χ2v) is 4.92. The zero-order valence-corrected chi connectivity index (χ0v) is 15.1. The predicted molar refractivity (Wildman–Crippen MR) is 48.0 cm³/mol. The fourth-order valence-electron chi connectivity index (χ4n) is 0.700. The Hall–Kier alpha value is 2.40. The van der Waals surface area contributed by atoms with Crippen molar-refractivity contribution in [3.05, 3.63) is 27.2 Å². The Kier molecular flexibility index (Phi) is 10.2. The Bertz CT molecular complexity index is 322. The van der Waals surface area contributed by atoms with Crippen molar-refractivity contribution < 1.29 is 73.8 Å². The molecule has 0 unspecified atom stereocenters. The van der Waals surface area contributed by atoms with Gasteiger partial charge in [-0.1, -0.05) is 34.8 Å². The minimum absolute atomic E-state index is 0. The van der Waals surface area contributed by atoms with E-state index in [9.17, 15) is 14.7 Å². The van der Waals surface area contributed by atoms with E-state index < -0.39 is 13.2 Å². The van der Waals surface area contributed by atoms with Crippen molar-refractivity contribution in [3.8, 4) is 0 Å². The molecule has 1 aromatic rings. The van der Waals surface area contributed by atoms with Crippen LogP contribution in [0.5, 0.6) is 0 Å². The molecule has 15 heavy (non-hydrogen) atoms. The van der Waals surface area contributed by atoms with Crippen molar-refractivity contribution in [3.63, 3.8) is 0 Å². The summed E-state index contributed by atoms with van der Waals surface area (Å²) in [5.74, 6) is 0. The Morgan fingerprint density at radius 2 is 1.20 bits per heavy atom. The third-order valence-corrected chi connectivity index (χ3v) is 3.37. The van der Waals surface area contributed by atoms with Crippen LogP contribution < -0.4 is 79.1 Å². The number of rotatable bonds is 1. The van der Waals surface area contributed by atoms with Gasteiger partial charge < -0.3 is 14.7 Å². The minimum Gasteiger partial charge on any atom is -0.683 e. The van der Waals surface area contributed by atoms with Crippen LogP contribution >= 0.6 is 42.7 Å².